The zero-order valence-corrected chi connectivity index (χ0v) is 9.01. The Morgan fingerprint density at radius 3 is 2.83 bits per heavy atom. The molecule has 0 aliphatic heterocycles. The molecule has 0 atom stereocenters. The van der Waals surface area contributed by atoms with Crippen LogP contribution >= 0.6 is 22.6 Å². The molecule has 12 heavy (non-hydrogen) atoms. The minimum atomic E-state index is 0.629. The van der Waals surface area contributed by atoms with Crippen LogP contribution in [0.25, 0.3) is 0 Å². The van der Waals surface area contributed by atoms with Gasteiger partial charge in [-0.15, -0.1) is 0 Å². The zero-order chi connectivity index (χ0) is 9.14. The summed E-state index contributed by atoms with van der Waals surface area (Å²) in [5.74, 6) is 0.649. The summed E-state index contributed by atoms with van der Waals surface area (Å²) in [6.45, 7) is 1.92. The molecule has 3 nitrogen and oxygen atoms in total. The molecule has 62 valence electrons. The highest BCUT2D eigenvalue weighted by Crippen LogP contribution is 2.19. The maximum absolute atomic E-state index is 8.82. The Hall–Kier alpha value is -0.830. The second kappa shape index (κ2) is 3.72. The van der Waals surface area contributed by atoms with E-state index in [1.807, 2.05) is 6.92 Å². The van der Waals surface area contributed by atoms with Gasteiger partial charge >= 0.3 is 0 Å². The summed E-state index contributed by atoms with van der Waals surface area (Å²) in [5, 5.41) is 11.7. The van der Waals surface area contributed by atoms with Gasteiger partial charge in [0, 0.05) is 16.8 Å². The van der Waals surface area contributed by atoms with Crippen molar-refractivity contribution in [1.82, 2.24) is 4.98 Å². The minimum absolute atomic E-state index is 0.629. The smallest absolute Gasteiger partial charge is 0.143 e. The first-order chi connectivity index (χ1) is 5.70. The van der Waals surface area contributed by atoms with Crippen LogP contribution in [0.1, 0.15) is 11.1 Å². The maximum atomic E-state index is 8.82. The Bertz CT molecular complexity index is 341. The van der Waals surface area contributed by atoms with Gasteiger partial charge in [0.15, 0.2) is 0 Å². The number of rotatable bonds is 1. The Morgan fingerprint density at radius 2 is 2.33 bits per heavy atom. The van der Waals surface area contributed by atoms with E-state index >= 15 is 0 Å². The largest absolute Gasteiger partial charge is 0.372 e. The number of pyridine rings is 1. The fourth-order valence-electron chi connectivity index (χ4n) is 0.906. The van der Waals surface area contributed by atoms with E-state index in [9.17, 15) is 0 Å². The van der Waals surface area contributed by atoms with Crippen molar-refractivity contribution in [3.05, 3.63) is 20.9 Å². The van der Waals surface area contributed by atoms with Gasteiger partial charge in [-0.1, -0.05) is 0 Å². The summed E-state index contributed by atoms with van der Waals surface area (Å²) in [6, 6.07) is 2.13. The predicted molar refractivity (Wildman–Crippen MR) is 56.0 cm³/mol. The van der Waals surface area contributed by atoms with Gasteiger partial charge in [0.05, 0.1) is 5.56 Å². The van der Waals surface area contributed by atoms with Crippen LogP contribution in [0.15, 0.2) is 6.20 Å². The number of hydrogen-bond donors (Lipinski definition) is 1. The Labute approximate surface area is 85.0 Å². The quantitative estimate of drug-likeness (QED) is 0.795. The molecule has 1 heterocycles. The number of nitrogens with one attached hydrogen (secondary N) is 1. The lowest BCUT2D eigenvalue weighted by molar-refractivity contribution is 1.21. The first kappa shape index (κ1) is 9.26. The van der Waals surface area contributed by atoms with Crippen LogP contribution in [0.5, 0.6) is 0 Å². The molecule has 0 spiro atoms. The van der Waals surface area contributed by atoms with Crippen LogP contribution in [0.4, 0.5) is 5.82 Å². The number of hydrogen-bond acceptors (Lipinski definition) is 3. The van der Waals surface area contributed by atoms with Gasteiger partial charge in [-0.25, -0.2) is 4.98 Å². The monoisotopic (exact) mass is 273 g/mol. The molecule has 0 radical (unpaired) electrons. The summed E-state index contributed by atoms with van der Waals surface area (Å²) in [7, 11) is 1.76. The number of nitrogens with zero attached hydrogens (tertiary/aromatic N) is 2. The first-order valence-corrected chi connectivity index (χ1v) is 4.51. The van der Waals surface area contributed by atoms with Crippen molar-refractivity contribution in [2.24, 2.45) is 0 Å². The van der Waals surface area contributed by atoms with Crippen molar-refractivity contribution in [2.75, 3.05) is 12.4 Å². The zero-order valence-electron chi connectivity index (χ0n) is 6.85. The van der Waals surface area contributed by atoms with Crippen LogP contribution < -0.4 is 5.32 Å². The fourth-order valence-corrected chi connectivity index (χ4v) is 1.31. The minimum Gasteiger partial charge on any atom is -0.372 e. The molecular formula is C8H8IN3. The van der Waals surface area contributed by atoms with Gasteiger partial charge in [0.25, 0.3) is 0 Å². The molecule has 1 aromatic rings. The van der Waals surface area contributed by atoms with Crippen molar-refractivity contribution in [3.63, 3.8) is 0 Å². The van der Waals surface area contributed by atoms with Crippen LogP contribution in [0, 0.1) is 21.8 Å². The molecule has 1 rings (SSSR count). The van der Waals surface area contributed by atoms with E-state index in [0.717, 1.165) is 9.13 Å². The Morgan fingerprint density at radius 1 is 1.67 bits per heavy atom. The van der Waals surface area contributed by atoms with E-state index in [1.165, 1.54) is 0 Å². The third-order valence-electron chi connectivity index (χ3n) is 1.63. The van der Waals surface area contributed by atoms with Gasteiger partial charge in [-0.3, -0.25) is 0 Å². The number of aromatic nitrogens is 1. The lowest BCUT2D eigenvalue weighted by atomic mass is 10.1. The standard InChI is InChI=1S/C8H8IN3/c1-5-6(3-10)8(11-2)12-4-7(5)9/h4H,1-2H3,(H,11,12). The van der Waals surface area contributed by atoms with E-state index in [0.29, 0.717) is 11.4 Å². The Kier molecular flexibility index (Phi) is 2.87. The second-order valence-corrected chi connectivity index (χ2v) is 3.48. The molecule has 0 aromatic carbocycles. The predicted octanol–water partition coefficient (Wildman–Crippen LogP) is 1.91. The molecule has 1 aromatic heterocycles. The molecule has 0 unspecified atom stereocenters. The average molecular weight is 273 g/mol. The molecule has 1 N–H and O–H groups in total. The summed E-state index contributed by atoms with van der Waals surface area (Å²) in [4.78, 5) is 4.09. The number of nitriles is 1. The highest BCUT2D eigenvalue weighted by Gasteiger charge is 2.07. The maximum Gasteiger partial charge on any atom is 0.143 e. The number of halogens is 1. The third-order valence-corrected chi connectivity index (χ3v) is 2.71. The molecule has 0 amide bonds. The van der Waals surface area contributed by atoms with E-state index in [4.69, 9.17) is 5.26 Å². The van der Waals surface area contributed by atoms with Crippen LogP contribution in [0.3, 0.4) is 0 Å². The second-order valence-electron chi connectivity index (χ2n) is 2.32. The molecular weight excluding hydrogens is 265 g/mol. The molecule has 0 bridgehead atoms. The summed E-state index contributed by atoms with van der Waals surface area (Å²) >= 11 is 2.16. The summed E-state index contributed by atoms with van der Waals surface area (Å²) in [6.07, 6.45) is 1.75. The van der Waals surface area contributed by atoms with Crippen LogP contribution in [-0.2, 0) is 0 Å². The SMILES string of the molecule is CNc1ncc(I)c(C)c1C#N. The van der Waals surface area contributed by atoms with Crippen molar-refractivity contribution in [3.8, 4) is 6.07 Å². The molecule has 0 aliphatic carbocycles. The van der Waals surface area contributed by atoms with Gasteiger partial charge in [0.1, 0.15) is 11.9 Å². The molecule has 0 saturated heterocycles. The van der Waals surface area contributed by atoms with Gasteiger partial charge in [-0.2, -0.15) is 5.26 Å². The van der Waals surface area contributed by atoms with E-state index in [2.05, 4.69) is 39.0 Å². The molecule has 0 saturated carbocycles. The molecule has 0 aliphatic rings. The highest BCUT2D eigenvalue weighted by molar-refractivity contribution is 14.1. The highest BCUT2D eigenvalue weighted by atomic mass is 127. The lowest BCUT2D eigenvalue weighted by Gasteiger charge is -2.05. The van der Waals surface area contributed by atoms with Crippen molar-refractivity contribution in [1.29, 1.82) is 5.26 Å². The van der Waals surface area contributed by atoms with Crippen molar-refractivity contribution >= 4 is 28.4 Å². The fraction of sp³-hybridized carbons (Fsp3) is 0.250. The first-order valence-electron chi connectivity index (χ1n) is 3.43. The summed E-state index contributed by atoms with van der Waals surface area (Å²) in [5.41, 5.74) is 1.61. The van der Waals surface area contributed by atoms with Gasteiger partial charge in [0.2, 0.25) is 0 Å². The number of anilines is 1. The van der Waals surface area contributed by atoms with Gasteiger partial charge in [-0.05, 0) is 35.1 Å². The van der Waals surface area contributed by atoms with Crippen LogP contribution in [0.2, 0.25) is 0 Å². The topological polar surface area (TPSA) is 48.7 Å². The third kappa shape index (κ3) is 1.50. The molecule has 4 heteroatoms. The van der Waals surface area contributed by atoms with Crippen molar-refractivity contribution < 1.29 is 0 Å². The van der Waals surface area contributed by atoms with Gasteiger partial charge < -0.3 is 5.32 Å². The van der Waals surface area contributed by atoms with E-state index in [-0.39, 0.29) is 0 Å². The normalized spacial score (nSPS) is 9.17. The van der Waals surface area contributed by atoms with Crippen LogP contribution in [-0.4, -0.2) is 12.0 Å². The Balaban J connectivity index is 3.38. The molecule has 0 fully saturated rings. The summed E-state index contributed by atoms with van der Waals surface area (Å²) < 4.78 is 1.02. The van der Waals surface area contributed by atoms with E-state index < -0.39 is 0 Å². The lowest BCUT2D eigenvalue weighted by Crippen LogP contribution is -1.99. The average Bonchev–Trinajstić information content (AvgIpc) is 2.09. The van der Waals surface area contributed by atoms with E-state index in [1.54, 1.807) is 13.2 Å². The van der Waals surface area contributed by atoms with Crippen molar-refractivity contribution in [2.45, 2.75) is 6.92 Å².